The van der Waals surface area contributed by atoms with Crippen molar-refractivity contribution in [3.05, 3.63) is 69.8 Å². The summed E-state index contributed by atoms with van der Waals surface area (Å²) in [6.07, 6.45) is 5.81. The highest BCUT2D eigenvalue weighted by Gasteiger charge is 2.46. The average molecular weight is 947 g/mol. The lowest BCUT2D eigenvalue weighted by Gasteiger charge is -2.50. The number of hydrogen-bond donors (Lipinski definition) is 9. The molecule has 3 aliphatic heterocycles. The smallest absolute Gasteiger partial charge is 0.236 e. The molecule has 3 heterocycles. The number of nitrogens with one attached hydrogen (secondary N) is 6. The van der Waals surface area contributed by atoms with Crippen LogP contribution in [0.1, 0.15) is 79.8 Å². The first-order valence-corrected chi connectivity index (χ1v) is 24.8. The number of nitrogens with zero attached hydrogens (tertiary/aromatic N) is 4. The van der Waals surface area contributed by atoms with Gasteiger partial charge in [0.15, 0.2) is 0 Å². The monoisotopic (exact) mass is 947 g/mol. The molecule has 1 saturated heterocycles. The number of benzene rings is 2. The van der Waals surface area contributed by atoms with E-state index in [4.69, 9.17) is 25.1 Å². The zero-order valence-electron chi connectivity index (χ0n) is 40.7. The SMILES string of the molecule is COC1CC(COCc2cccc3c2CCN(C[C@H](C)NC(=O)CNO)C3)C(C)[C@H]2CN(CCNC(=O)CNO)CCC(C3CCc4ccc(C#N)cc4CN(C[C@H](C)NC(=O)CNO)C3)CC12. The Morgan fingerprint density at radius 3 is 2.21 bits per heavy atom. The Labute approximate surface area is 402 Å². The molecule has 0 bridgehead atoms. The molecule has 2 fully saturated rings. The number of hydroxylamine groups is 3. The summed E-state index contributed by atoms with van der Waals surface area (Å²) in [4.78, 5) is 44.2. The third kappa shape index (κ3) is 15.2. The van der Waals surface area contributed by atoms with Crippen LogP contribution < -0.4 is 32.4 Å². The van der Waals surface area contributed by atoms with E-state index < -0.39 is 0 Å². The van der Waals surface area contributed by atoms with Gasteiger partial charge in [-0.15, -0.1) is 0 Å². The van der Waals surface area contributed by atoms with Crippen molar-refractivity contribution in [3.8, 4) is 6.07 Å². The summed E-state index contributed by atoms with van der Waals surface area (Å²) in [5, 5.41) is 45.8. The zero-order chi connectivity index (χ0) is 48.6. The number of aryl methyl sites for hydroxylation is 1. The molecule has 4 aliphatic rings. The molecule has 18 nitrogen and oxygen atoms in total. The highest BCUT2D eigenvalue weighted by molar-refractivity contribution is 5.78. The molecule has 376 valence electrons. The number of nitriles is 1. The van der Waals surface area contributed by atoms with Gasteiger partial charge in [-0.25, -0.2) is 0 Å². The van der Waals surface area contributed by atoms with E-state index in [1.165, 1.54) is 22.3 Å². The quantitative estimate of drug-likeness (QED) is 0.0817. The maximum absolute atomic E-state index is 12.5. The van der Waals surface area contributed by atoms with Crippen LogP contribution in [0.15, 0.2) is 36.4 Å². The number of amides is 3. The number of carbonyl (C=O) groups is 3. The van der Waals surface area contributed by atoms with Crippen molar-refractivity contribution >= 4 is 17.7 Å². The van der Waals surface area contributed by atoms with E-state index in [1.54, 1.807) is 0 Å². The first kappa shape index (κ1) is 53.3. The van der Waals surface area contributed by atoms with E-state index in [-0.39, 0.29) is 61.5 Å². The fourth-order valence-corrected chi connectivity index (χ4v) is 11.8. The van der Waals surface area contributed by atoms with E-state index in [1.807, 2.05) is 49.5 Å². The van der Waals surface area contributed by atoms with E-state index >= 15 is 0 Å². The van der Waals surface area contributed by atoms with Crippen molar-refractivity contribution in [3.63, 3.8) is 0 Å². The lowest BCUT2D eigenvalue weighted by Crippen LogP contribution is -2.52. The Morgan fingerprint density at radius 2 is 1.50 bits per heavy atom. The van der Waals surface area contributed by atoms with Gasteiger partial charge < -0.3 is 45.9 Å². The van der Waals surface area contributed by atoms with Crippen molar-refractivity contribution in [1.82, 2.24) is 47.1 Å². The third-order valence-electron chi connectivity index (χ3n) is 15.2. The van der Waals surface area contributed by atoms with Gasteiger partial charge in [0.05, 0.1) is 50.6 Å². The summed E-state index contributed by atoms with van der Waals surface area (Å²) >= 11 is 0. The Balaban J connectivity index is 1.17. The van der Waals surface area contributed by atoms with Crippen LogP contribution in [-0.2, 0) is 56.4 Å². The van der Waals surface area contributed by atoms with Crippen LogP contribution in [0.3, 0.4) is 0 Å². The third-order valence-corrected chi connectivity index (χ3v) is 15.2. The lowest BCUT2D eigenvalue weighted by atomic mass is 9.61. The van der Waals surface area contributed by atoms with Crippen molar-refractivity contribution in [2.24, 2.45) is 35.5 Å². The van der Waals surface area contributed by atoms with Gasteiger partial charge in [0, 0.05) is 78.1 Å². The predicted octanol–water partition coefficient (Wildman–Crippen LogP) is 2.17. The minimum Gasteiger partial charge on any atom is -0.381 e. The van der Waals surface area contributed by atoms with Gasteiger partial charge in [0.2, 0.25) is 17.7 Å². The fourth-order valence-electron chi connectivity index (χ4n) is 11.8. The summed E-state index contributed by atoms with van der Waals surface area (Å²) < 4.78 is 13.2. The Morgan fingerprint density at radius 1 is 0.794 bits per heavy atom. The van der Waals surface area contributed by atoms with Crippen LogP contribution in [0.2, 0.25) is 0 Å². The van der Waals surface area contributed by atoms with Gasteiger partial charge in [0.1, 0.15) is 0 Å². The van der Waals surface area contributed by atoms with Gasteiger partial charge in [0.25, 0.3) is 0 Å². The van der Waals surface area contributed by atoms with Crippen LogP contribution in [0.5, 0.6) is 0 Å². The molecule has 2 aromatic carbocycles. The number of fused-ring (bicyclic) bond motifs is 3. The number of likely N-dealkylation sites (tertiary alicyclic amines) is 1. The van der Waals surface area contributed by atoms with Crippen molar-refractivity contribution in [2.75, 3.05) is 85.7 Å². The van der Waals surface area contributed by atoms with Gasteiger partial charge in [-0.1, -0.05) is 31.2 Å². The molecule has 1 aliphatic carbocycles. The van der Waals surface area contributed by atoms with Gasteiger partial charge >= 0.3 is 0 Å². The molecule has 0 aromatic heterocycles. The summed E-state index contributed by atoms with van der Waals surface area (Å²) in [7, 11) is 1.86. The standard InChI is InChI=1S/C50H78N10O8/c1-33(56-49(62)23-54-65)25-59-16-13-44-40(28-59)6-5-7-41(44)31-68-32-43-20-47(67-4)45-19-38(12-15-58(30-46(45)35(43)3)17-14-52-48(61)22-53-64)39-11-10-37-9-8-36(21-51)18-42(37)29-60(27-39)26-34(2)57-50(63)24-55-66/h5-9,18,33-35,38-39,43,45-47,53-55,64-66H,10-17,19-20,22-32H2,1-4H3,(H,52,61)(H,56,62)(H,57,63)/t33-,34-,35?,38?,39?,43?,45?,46+,47?/m0/s1. The van der Waals surface area contributed by atoms with Crippen LogP contribution in [0.25, 0.3) is 0 Å². The molecule has 2 aromatic rings. The first-order valence-electron chi connectivity index (χ1n) is 24.8. The second-order valence-corrected chi connectivity index (χ2v) is 20.0. The molecule has 18 heteroatoms. The van der Waals surface area contributed by atoms with Crippen LogP contribution in [-0.4, -0.2) is 152 Å². The lowest BCUT2D eigenvalue weighted by molar-refractivity contribution is -0.123. The van der Waals surface area contributed by atoms with E-state index in [0.717, 1.165) is 83.4 Å². The molecule has 0 spiro atoms. The minimum atomic E-state index is -0.275. The van der Waals surface area contributed by atoms with Crippen LogP contribution >= 0.6 is 0 Å². The number of methoxy groups -OCH3 is 1. The van der Waals surface area contributed by atoms with Crippen LogP contribution in [0, 0.1) is 46.8 Å². The first-order chi connectivity index (χ1) is 32.9. The highest BCUT2D eigenvalue weighted by Crippen LogP contribution is 2.47. The summed E-state index contributed by atoms with van der Waals surface area (Å²) in [6.45, 7) is 14.5. The van der Waals surface area contributed by atoms with Gasteiger partial charge in [-0.2, -0.15) is 21.7 Å². The predicted molar refractivity (Wildman–Crippen MR) is 255 cm³/mol. The topological polar surface area (TPSA) is 236 Å². The van der Waals surface area contributed by atoms with E-state index in [2.05, 4.69) is 67.9 Å². The highest BCUT2D eigenvalue weighted by atomic mass is 16.5. The molecule has 1 saturated carbocycles. The molecule has 6 rings (SSSR count). The van der Waals surface area contributed by atoms with Crippen molar-refractivity contribution in [2.45, 2.75) is 97.2 Å². The van der Waals surface area contributed by atoms with Crippen molar-refractivity contribution in [1.29, 1.82) is 5.26 Å². The Hall–Kier alpha value is -4.10. The normalized spacial score (nSPS) is 25.7. The zero-order valence-corrected chi connectivity index (χ0v) is 40.7. The van der Waals surface area contributed by atoms with Gasteiger partial charge in [-0.05, 0) is 134 Å². The second-order valence-electron chi connectivity index (χ2n) is 20.0. The molecular weight excluding hydrogens is 869 g/mol. The molecule has 9 atom stereocenters. The second kappa shape index (κ2) is 26.8. The summed E-state index contributed by atoms with van der Waals surface area (Å²) in [6, 6.07) is 14.6. The summed E-state index contributed by atoms with van der Waals surface area (Å²) in [5.41, 5.74) is 12.7. The number of hydrogen-bond acceptors (Lipinski definition) is 15. The minimum absolute atomic E-state index is 0.0501. The van der Waals surface area contributed by atoms with Crippen molar-refractivity contribution < 1.29 is 39.5 Å². The molecule has 0 radical (unpaired) electrons. The fraction of sp³-hybridized carbons (Fsp3) is 0.680. The maximum Gasteiger partial charge on any atom is 0.236 e. The van der Waals surface area contributed by atoms with E-state index in [0.29, 0.717) is 74.5 Å². The number of rotatable bonds is 21. The Kier molecular flexibility index (Phi) is 21.0. The maximum atomic E-state index is 12.5. The average Bonchev–Trinajstić information content (AvgIpc) is 3.29. The molecule has 9 N–H and O–H groups in total. The largest absolute Gasteiger partial charge is 0.381 e. The summed E-state index contributed by atoms with van der Waals surface area (Å²) in [5.74, 6) is 1.25. The Bertz CT molecular complexity index is 1990. The van der Waals surface area contributed by atoms with Crippen LogP contribution in [0.4, 0.5) is 0 Å². The van der Waals surface area contributed by atoms with E-state index in [9.17, 15) is 19.6 Å². The number of ether oxygens (including phenoxy) is 2. The molecule has 6 unspecified atom stereocenters. The molecule has 3 amide bonds. The molecular formula is C50H78N10O8. The van der Waals surface area contributed by atoms with Gasteiger partial charge in [-0.3, -0.25) is 24.2 Å². The molecule has 68 heavy (non-hydrogen) atoms. The number of carbonyl (C=O) groups excluding carboxylic acids is 3.